The zero-order valence-electron chi connectivity index (χ0n) is 13.5. The molecule has 0 unspecified atom stereocenters. The van der Waals surface area contributed by atoms with E-state index in [4.69, 9.17) is 0 Å². The third-order valence-corrected chi connectivity index (χ3v) is 7.25. The molecule has 0 aromatic heterocycles. The number of hydrogen-bond donors (Lipinski definition) is 0. The lowest BCUT2D eigenvalue weighted by Gasteiger charge is -2.22. The molecule has 0 saturated heterocycles. The van der Waals surface area contributed by atoms with Crippen molar-refractivity contribution in [1.82, 2.24) is 0 Å². The highest BCUT2D eigenvalue weighted by atomic mass is 31.2. The molecule has 0 atom stereocenters. The largest absolute Gasteiger partial charge is 0.309 e. The summed E-state index contributed by atoms with van der Waals surface area (Å²) in [5.41, 5.74) is 1.91. The van der Waals surface area contributed by atoms with Gasteiger partial charge in [-0.25, -0.2) is 0 Å². The summed E-state index contributed by atoms with van der Waals surface area (Å²) in [5.74, 6) is 0. The van der Waals surface area contributed by atoms with Gasteiger partial charge in [-0.1, -0.05) is 84.4 Å². The Hall–Kier alpha value is -2.62. The van der Waals surface area contributed by atoms with Crippen LogP contribution in [0.15, 0.2) is 78.9 Å². The molecule has 0 saturated carbocycles. The van der Waals surface area contributed by atoms with Crippen LogP contribution >= 0.6 is 7.14 Å². The molecule has 24 heavy (non-hydrogen) atoms. The number of benzene rings is 3. The second-order valence-electron chi connectivity index (χ2n) is 5.75. The minimum atomic E-state index is -3.01. The van der Waals surface area contributed by atoms with Crippen LogP contribution in [0.2, 0.25) is 0 Å². The van der Waals surface area contributed by atoms with Crippen LogP contribution in [0.4, 0.5) is 0 Å². The van der Waals surface area contributed by atoms with Gasteiger partial charge in [-0.2, -0.15) is 5.26 Å². The van der Waals surface area contributed by atoms with Crippen LogP contribution in [0.1, 0.15) is 11.1 Å². The van der Waals surface area contributed by atoms with E-state index in [1.807, 2.05) is 85.8 Å². The highest BCUT2D eigenvalue weighted by molar-refractivity contribution is 7.85. The molecule has 0 bridgehead atoms. The molecule has 0 aliphatic rings. The Labute approximate surface area is 142 Å². The molecule has 3 rings (SSSR count). The molecule has 3 aromatic rings. The first-order valence-electron chi connectivity index (χ1n) is 7.84. The van der Waals surface area contributed by atoms with Crippen LogP contribution in [-0.4, -0.2) is 0 Å². The van der Waals surface area contributed by atoms with E-state index >= 15 is 0 Å². The molecular weight excluding hydrogens is 313 g/mol. The second-order valence-corrected chi connectivity index (χ2v) is 8.48. The van der Waals surface area contributed by atoms with Gasteiger partial charge in [0.05, 0.1) is 12.5 Å². The van der Waals surface area contributed by atoms with Crippen LogP contribution in [0.3, 0.4) is 0 Å². The molecule has 0 spiro atoms. The van der Waals surface area contributed by atoms with E-state index in [9.17, 15) is 9.83 Å². The lowest BCUT2D eigenvalue weighted by atomic mass is 10.1. The fourth-order valence-corrected chi connectivity index (χ4v) is 5.82. The quantitative estimate of drug-likeness (QED) is 0.684. The van der Waals surface area contributed by atoms with Gasteiger partial charge in [-0.3, -0.25) is 0 Å². The van der Waals surface area contributed by atoms with E-state index in [0.717, 1.165) is 27.0 Å². The molecular formula is C21H18NOP. The molecule has 0 radical (unpaired) electrons. The summed E-state index contributed by atoms with van der Waals surface area (Å²) in [6, 6.07) is 27.2. The van der Waals surface area contributed by atoms with Crippen LogP contribution in [0.5, 0.6) is 0 Å². The summed E-state index contributed by atoms with van der Waals surface area (Å²) in [6.07, 6.45) is 0.251. The molecule has 0 N–H and O–H groups in total. The fraction of sp³-hybridized carbons (Fsp3) is 0.0952. The predicted molar refractivity (Wildman–Crippen MR) is 99.9 cm³/mol. The van der Waals surface area contributed by atoms with E-state index in [1.54, 1.807) is 0 Å². The molecule has 0 heterocycles. The van der Waals surface area contributed by atoms with Crippen molar-refractivity contribution in [2.75, 3.05) is 0 Å². The minimum absolute atomic E-state index is 0.251. The number of nitrogens with zero attached hydrogens (tertiary/aromatic N) is 1. The van der Waals surface area contributed by atoms with Gasteiger partial charge in [0.15, 0.2) is 7.14 Å². The first-order valence-corrected chi connectivity index (χ1v) is 9.55. The van der Waals surface area contributed by atoms with Gasteiger partial charge in [0.2, 0.25) is 0 Å². The predicted octanol–water partition coefficient (Wildman–Crippen LogP) is 3.70. The van der Waals surface area contributed by atoms with Gasteiger partial charge in [0.1, 0.15) is 0 Å². The topological polar surface area (TPSA) is 40.9 Å². The summed E-state index contributed by atoms with van der Waals surface area (Å²) in [7, 11) is -3.01. The monoisotopic (exact) mass is 331 g/mol. The first kappa shape index (κ1) is 16.2. The minimum Gasteiger partial charge on any atom is -0.309 e. The van der Waals surface area contributed by atoms with Crippen molar-refractivity contribution in [1.29, 1.82) is 5.26 Å². The smallest absolute Gasteiger partial charge is 0.171 e. The van der Waals surface area contributed by atoms with Crippen LogP contribution in [0.25, 0.3) is 0 Å². The van der Waals surface area contributed by atoms with Crippen molar-refractivity contribution in [2.45, 2.75) is 13.3 Å². The average molecular weight is 331 g/mol. The SMILES string of the molecule is Cc1ccc(P(=O)(c2ccccc2)c2ccccc2)c(CC#N)c1. The van der Waals surface area contributed by atoms with E-state index in [0.29, 0.717) is 0 Å². The maximum Gasteiger partial charge on any atom is 0.171 e. The van der Waals surface area contributed by atoms with E-state index in [2.05, 4.69) is 6.07 Å². The average Bonchev–Trinajstić information content (AvgIpc) is 2.63. The zero-order chi connectivity index (χ0) is 17.0. The summed E-state index contributed by atoms with van der Waals surface area (Å²) < 4.78 is 14.3. The van der Waals surface area contributed by atoms with E-state index < -0.39 is 7.14 Å². The molecule has 2 nitrogen and oxygen atoms in total. The fourth-order valence-electron chi connectivity index (χ4n) is 2.95. The Morgan fingerprint density at radius 3 is 1.92 bits per heavy atom. The molecule has 118 valence electrons. The Morgan fingerprint density at radius 1 is 0.875 bits per heavy atom. The number of nitriles is 1. The summed E-state index contributed by atoms with van der Waals surface area (Å²) >= 11 is 0. The van der Waals surface area contributed by atoms with Crippen molar-refractivity contribution in [3.8, 4) is 6.07 Å². The van der Waals surface area contributed by atoms with Crippen molar-refractivity contribution < 1.29 is 4.57 Å². The van der Waals surface area contributed by atoms with Crippen molar-refractivity contribution >= 4 is 23.1 Å². The Balaban J connectivity index is 2.33. The van der Waals surface area contributed by atoms with E-state index in [1.165, 1.54) is 0 Å². The van der Waals surface area contributed by atoms with Crippen molar-refractivity contribution in [3.63, 3.8) is 0 Å². The lowest BCUT2D eigenvalue weighted by Crippen LogP contribution is -2.27. The van der Waals surface area contributed by atoms with Gasteiger partial charge in [-0.15, -0.1) is 0 Å². The maximum absolute atomic E-state index is 14.3. The Bertz CT molecular complexity index is 884. The van der Waals surface area contributed by atoms with Crippen LogP contribution in [-0.2, 0) is 11.0 Å². The number of rotatable bonds is 4. The standard InChI is InChI=1S/C21H18NOP/c1-17-12-13-21(18(16-17)14-15-22)24(23,19-8-4-2-5-9-19)20-10-6-3-7-11-20/h2-13,16H,14H2,1H3. The molecule has 0 aliphatic heterocycles. The molecule has 0 fully saturated rings. The Kier molecular flexibility index (Phi) is 4.65. The van der Waals surface area contributed by atoms with Gasteiger partial charge in [0, 0.05) is 15.9 Å². The van der Waals surface area contributed by atoms with Crippen LogP contribution < -0.4 is 15.9 Å². The first-order chi connectivity index (χ1) is 11.7. The third-order valence-electron chi connectivity index (χ3n) is 4.08. The van der Waals surface area contributed by atoms with Crippen LogP contribution in [0, 0.1) is 18.3 Å². The van der Waals surface area contributed by atoms with Crippen molar-refractivity contribution in [2.24, 2.45) is 0 Å². The molecule has 3 heteroatoms. The highest BCUT2D eigenvalue weighted by Crippen LogP contribution is 2.43. The lowest BCUT2D eigenvalue weighted by molar-refractivity contribution is 0.592. The summed E-state index contributed by atoms with van der Waals surface area (Å²) in [6.45, 7) is 1.99. The maximum atomic E-state index is 14.3. The van der Waals surface area contributed by atoms with Gasteiger partial charge in [-0.05, 0) is 12.5 Å². The van der Waals surface area contributed by atoms with Crippen molar-refractivity contribution in [3.05, 3.63) is 90.0 Å². The third kappa shape index (κ3) is 2.92. The molecule has 0 amide bonds. The number of aryl methyl sites for hydroxylation is 1. The number of hydrogen-bond acceptors (Lipinski definition) is 2. The summed E-state index contributed by atoms with van der Waals surface area (Å²) in [5, 5.41) is 11.5. The van der Waals surface area contributed by atoms with Gasteiger partial charge in [0.25, 0.3) is 0 Å². The Morgan fingerprint density at radius 2 is 1.42 bits per heavy atom. The van der Waals surface area contributed by atoms with Gasteiger partial charge >= 0.3 is 0 Å². The molecule has 0 aliphatic carbocycles. The second kappa shape index (κ2) is 6.87. The van der Waals surface area contributed by atoms with Gasteiger partial charge < -0.3 is 4.57 Å². The normalized spacial score (nSPS) is 11.0. The van der Waals surface area contributed by atoms with E-state index in [-0.39, 0.29) is 6.42 Å². The zero-order valence-corrected chi connectivity index (χ0v) is 14.4. The summed E-state index contributed by atoms with van der Waals surface area (Å²) in [4.78, 5) is 0. The highest BCUT2D eigenvalue weighted by Gasteiger charge is 2.31. The molecule has 3 aromatic carbocycles.